The topological polar surface area (TPSA) is 50.0 Å². The summed E-state index contributed by atoms with van der Waals surface area (Å²) < 4.78 is 1.99. The highest BCUT2D eigenvalue weighted by molar-refractivity contribution is 7.15. The van der Waals surface area contributed by atoms with Crippen LogP contribution in [0.15, 0.2) is 71.3 Å². The lowest BCUT2D eigenvalue weighted by Crippen LogP contribution is -2.26. The Labute approximate surface area is 170 Å². The number of benzene rings is 2. The monoisotopic (exact) mass is 406 g/mol. The minimum atomic E-state index is -0.416. The second kappa shape index (κ2) is 6.58. The first kappa shape index (κ1) is 17.2. The number of amides is 1. The fourth-order valence-corrected chi connectivity index (χ4v) is 4.45. The molecule has 7 heteroatoms. The van der Waals surface area contributed by atoms with Crippen molar-refractivity contribution >= 4 is 45.2 Å². The van der Waals surface area contributed by atoms with Gasteiger partial charge in [0.15, 0.2) is 4.96 Å². The van der Waals surface area contributed by atoms with Crippen molar-refractivity contribution in [3.05, 3.63) is 76.9 Å². The van der Waals surface area contributed by atoms with Gasteiger partial charge in [-0.3, -0.25) is 9.20 Å². The highest BCUT2D eigenvalue weighted by atomic mass is 35.5. The normalized spacial score (nSPS) is 16.8. The van der Waals surface area contributed by atoms with Crippen molar-refractivity contribution in [3.63, 3.8) is 0 Å². The molecule has 0 radical (unpaired) electrons. The number of aromatic nitrogens is 2. The van der Waals surface area contributed by atoms with Gasteiger partial charge in [0.25, 0.3) is 5.91 Å². The molecule has 2 aromatic heterocycles. The third-order valence-corrected chi connectivity index (χ3v) is 5.91. The van der Waals surface area contributed by atoms with E-state index in [0.717, 1.165) is 33.3 Å². The summed E-state index contributed by atoms with van der Waals surface area (Å²) in [5.41, 5.74) is 4.27. The minimum Gasteiger partial charge on any atom is -0.293 e. The number of fused-ring (bicyclic) bond motifs is 1. The molecule has 5 rings (SSSR count). The number of anilines is 1. The maximum atomic E-state index is 13.1. The Bertz CT molecular complexity index is 1210. The van der Waals surface area contributed by atoms with Gasteiger partial charge in [-0.25, -0.2) is 4.98 Å². The molecule has 0 aliphatic carbocycles. The Balaban J connectivity index is 1.54. The maximum Gasteiger partial charge on any atom is 0.262 e. The molecule has 1 amide bonds. The van der Waals surface area contributed by atoms with Gasteiger partial charge in [0, 0.05) is 22.2 Å². The van der Waals surface area contributed by atoms with Crippen molar-refractivity contribution in [1.82, 2.24) is 9.38 Å². The number of hydrogen-bond acceptors (Lipinski definition) is 4. The predicted molar refractivity (Wildman–Crippen MR) is 113 cm³/mol. The summed E-state index contributed by atoms with van der Waals surface area (Å²) in [5.74, 6) is -0.466. The maximum absolute atomic E-state index is 13.1. The highest BCUT2D eigenvalue weighted by Crippen LogP contribution is 2.34. The van der Waals surface area contributed by atoms with E-state index in [1.807, 2.05) is 77.5 Å². The summed E-state index contributed by atoms with van der Waals surface area (Å²) in [4.78, 5) is 18.7. The van der Waals surface area contributed by atoms with Gasteiger partial charge in [0.1, 0.15) is 5.92 Å². The average molecular weight is 407 g/mol. The van der Waals surface area contributed by atoms with Gasteiger partial charge < -0.3 is 0 Å². The van der Waals surface area contributed by atoms with E-state index in [2.05, 4.69) is 5.10 Å². The lowest BCUT2D eigenvalue weighted by molar-refractivity contribution is -0.118. The van der Waals surface area contributed by atoms with Crippen LogP contribution in [-0.4, -0.2) is 21.0 Å². The smallest absolute Gasteiger partial charge is 0.262 e. The van der Waals surface area contributed by atoms with Crippen molar-refractivity contribution in [1.29, 1.82) is 0 Å². The van der Waals surface area contributed by atoms with E-state index in [1.54, 1.807) is 0 Å². The number of carbonyl (C=O) groups excluding carboxylic acids is 1. The molecule has 3 heterocycles. The number of nitrogens with zero attached hydrogens (tertiary/aromatic N) is 4. The largest absolute Gasteiger partial charge is 0.293 e. The molecule has 28 heavy (non-hydrogen) atoms. The van der Waals surface area contributed by atoms with Crippen molar-refractivity contribution in [2.75, 3.05) is 5.01 Å². The predicted octanol–water partition coefficient (Wildman–Crippen LogP) is 5.22. The first-order valence-electron chi connectivity index (χ1n) is 8.78. The van der Waals surface area contributed by atoms with Crippen LogP contribution in [0.5, 0.6) is 0 Å². The zero-order chi connectivity index (χ0) is 19.3. The van der Waals surface area contributed by atoms with Crippen molar-refractivity contribution < 1.29 is 4.79 Å². The summed E-state index contributed by atoms with van der Waals surface area (Å²) >= 11 is 7.51. The summed E-state index contributed by atoms with van der Waals surface area (Å²) in [5, 5.41) is 8.68. The van der Waals surface area contributed by atoms with Crippen LogP contribution in [-0.2, 0) is 4.79 Å². The third-order valence-electron chi connectivity index (χ3n) is 4.80. The van der Waals surface area contributed by atoms with Crippen LogP contribution in [0.25, 0.3) is 16.2 Å². The quantitative estimate of drug-likeness (QED) is 0.468. The van der Waals surface area contributed by atoms with Gasteiger partial charge >= 0.3 is 0 Å². The Morgan fingerprint density at radius 1 is 1.07 bits per heavy atom. The zero-order valence-corrected chi connectivity index (χ0v) is 16.5. The Morgan fingerprint density at radius 2 is 1.82 bits per heavy atom. The van der Waals surface area contributed by atoms with E-state index in [-0.39, 0.29) is 5.91 Å². The third kappa shape index (κ3) is 2.73. The summed E-state index contributed by atoms with van der Waals surface area (Å²) in [7, 11) is 0. The summed E-state index contributed by atoms with van der Waals surface area (Å²) in [6.45, 7) is 1.89. The lowest BCUT2D eigenvalue weighted by atomic mass is 10.0. The molecule has 0 bridgehead atoms. The molecule has 0 spiro atoms. The SMILES string of the molecule is CC1=NN(c2ccccc2)C(=O)C1c1csc2nc(-c3ccc(Cl)cc3)cn12. The number of hydrazone groups is 1. The molecule has 4 aromatic rings. The Hall–Kier alpha value is -2.96. The Morgan fingerprint density at radius 3 is 2.57 bits per heavy atom. The van der Waals surface area contributed by atoms with Gasteiger partial charge in [-0.2, -0.15) is 10.1 Å². The number of rotatable bonds is 3. The van der Waals surface area contributed by atoms with Crippen molar-refractivity contribution in [3.8, 4) is 11.3 Å². The van der Waals surface area contributed by atoms with Crippen LogP contribution >= 0.6 is 22.9 Å². The van der Waals surface area contributed by atoms with Crippen LogP contribution in [0, 0.1) is 0 Å². The van der Waals surface area contributed by atoms with Gasteiger partial charge in [-0.05, 0) is 31.2 Å². The molecule has 5 nitrogen and oxygen atoms in total. The van der Waals surface area contributed by atoms with E-state index >= 15 is 0 Å². The van der Waals surface area contributed by atoms with Crippen LogP contribution < -0.4 is 5.01 Å². The van der Waals surface area contributed by atoms with Gasteiger partial charge in [-0.1, -0.05) is 41.9 Å². The first-order valence-corrected chi connectivity index (χ1v) is 10.0. The van der Waals surface area contributed by atoms with Gasteiger partial charge in [0.05, 0.1) is 22.8 Å². The molecule has 1 aliphatic heterocycles. The van der Waals surface area contributed by atoms with Gasteiger partial charge in [0.2, 0.25) is 0 Å². The zero-order valence-electron chi connectivity index (χ0n) is 14.9. The molecule has 0 fully saturated rings. The number of carbonyl (C=O) groups is 1. The van der Waals surface area contributed by atoms with Crippen LogP contribution in [0.2, 0.25) is 5.02 Å². The molecule has 2 aromatic carbocycles. The van der Waals surface area contributed by atoms with E-state index < -0.39 is 5.92 Å². The van der Waals surface area contributed by atoms with E-state index in [1.165, 1.54) is 16.3 Å². The van der Waals surface area contributed by atoms with Crippen molar-refractivity contribution in [2.24, 2.45) is 5.10 Å². The van der Waals surface area contributed by atoms with Crippen LogP contribution in [0.3, 0.4) is 0 Å². The van der Waals surface area contributed by atoms with Gasteiger partial charge in [-0.15, -0.1) is 11.3 Å². The Kier molecular flexibility index (Phi) is 4.03. The van der Waals surface area contributed by atoms with E-state index in [9.17, 15) is 4.79 Å². The molecule has 1 aliphatic rings. The highest BCUT2D eigenvalue weighted by Gasteiger charge is 2.37. The minimum absolute atomic E-state index is 0.0508. The second-order valence-corrected chi connectivity index (χ2v) is 7.88. The molecule has 138 valence electrons. The molecule has 0 N–H and O–H groups in total. The number of halogens is 1. The fraction of sp³-hybridized carbons (Fsp3) is 0.0952. The summed E-state index contributed by atoms with van der Waals surface area (Å²) in [6, 6.07) is 17.1. The number of hydrogen-bond donors (Lipinski definition) is 0. The molecule has 0 saturated heterocycles. The van der Waals surface area contributed by atoms with Crippen LogP contribution in [0.4, 0.5) is 5.69 Å². The molecule has 1 atom stereocenters. The number of thiazole rings is 1. The molecular weight excluding hydrogens is 392 g/mol. The summed E-state index contributed by atoms with van der Waals surface area (Å²) in [6.07, 6.45) is 1.97. The lowest BCUT2D eigenvalue weighted by Gasteiger charge is -2.13. The number of para-hydroxylation sites is 1. The average Bonchev–Trinajstić information content (AvgIpc) is 3.37. The molecule has 0 saturated carbocycles. The van der Waals surface area contributed by atoms with E-state index in [4.69, 9.17) is 16.6 Å². The van der Waals surface area contributed by atoms with Crippen molar-refractivity contribution in [2.45, 2.75) is 12.8 Å². The fourth-order valence-electron chi connectivity index (χ4n) is 3.43. The standard InChI is InChI=1S/C21H15ClN4OS/c1-13-19(20(27)26(24-13)16-5-3-2-4-6-16)18-12-28-21-23-17(11-25(18)21)14-7-9-15(22)10-8-14/h2-12,19H,1H3. The first-order chi connectivity index (χ1) is 13.6. The van der Waals surface area contributed by atoms with Crippen LogP contribution in [0.1, 0.15) is 18.5 Å². The number of imidazole rings is 1. The second-order valence-electron chi connectivity index (χ2n) is 6.61. The molecular formula is C21H15ClN4OS. The molecule has 1 unspecified atom stereocenters. The van der Waals surface area contributed by atoms with E-state index in [0.29, 0.717) is 5.02 Å².